The molecule has 1 amide bonds. The molecule has 3 rings (SSSR count). The molecule has 1 unspecified atom stereocenters. The maximum atomic E-state index is 13.1. The van der Waals surface area contributed by atoms with Crippen LogP contribution in [0.25, 0.3) is 0 Å². The van der Waals surface area contributed by atoms with Gasteiger partial charge in [0, 0.05) is 45.9 Å². The second-order valence-electron chi connectivity index (χ2n) is 6.34. The van der Waals surface area contributed by atoms with Gasteiger partial charge in [0.15, 0.2) is 0 Å². The van der Waals surface area contributed by atoms with Gasteiger partial charge in [0.1, 0.15) is 5.82 Å². The van der Waals surface area contributed by atoms with Gasteiger partial charge in [-0.1, -0.05) is 12.1 Å². The van der Waals surface area contributed by atoms with Crippen LogP contribution in [0.3, 0.4) is 0 Å². The van der Waals surface area contributed by atoms with Crippen molar-refractivity contribution in [3.05, 3.63) is 53.6 Å². The lowest BCUT2D eigenvalue weighted by Crippen LogP contribution is -2.37. The van der Waals surface area contributed by atoms with Gasteiger partial charge < -0.3 is 15.4 Å². The molecule has 3 atom stereocenters. The predicted octanol–water partition coefficient (Wildman–Crippen LogP) is 1.79. The normalized spacial score (nSPS) is 20.4. The molecule has 6 nitrogen and oxygen atoms in total. The molecule has 142 valence electrons. The molecule has 1 aromatic carbocycles. The van der Waals surface area contributed by atoms with Crippen LogP contribution >= 0.6 is 12.4 Å². The molecule has 1 aliphatic heterocycles. The summed E-state index contributed by atoms with van der Waals surface area (Å²) in [5, 5.41) is 10.4. The Morgan fingerprint density at radius 2 is 2.15 bits per heavy atom. The molecule has 2 aromatic rings. The van der Waals surface area contributed by atoms with Gasteiger partial charge in [-0.25, -0.2) is 4.39 Å². The number of benzene rings is 1. The van der Waals surface area contributed by atoms with Crippen molar-refractivity contribution in [2.75, 3.05) is 26.7 Å². The van der Waals surface area contributed by atoms with Gasteiger partial charge >= 0.3 is 0 Å². The fraction of sp³-hybridized carbons (Fsp3) is 0.444. The van der Waals surface area contributed by atoms with Crippen molar-refractivity contribution in [2.24, 2.45) is 13.0 Å². The Hall–Kier alpha value is -1.96. The number of nitrogens with zero attached hydrogens (tertiary/aromatic N) is 2. The van der Waals surface area contributed by atoms with Crippen LogP contribution in [0.4, 0.5) is 4.39 Å². The van der Waals surface area contributed by atoms with Crippen LogP contribution in [0, 0.1) is 11.7 Å². The second kappa shape index (κ2) is 9.12. The number of amides is 1. The predicted molar refractivity (Wildman–Crippen MR) is 98.7 cm³/mol. The Morgan fingerprint density at radius 1 is 1.42 bits per heavy atom. The average molecular weight is 383 g/mol. The number of carbonyl (C=O) groups is 1. The zero-order valence-electron chi connectivity index (χ0n) is 14.8. The molecular formula is C18H24ClFN4O2. The highest BCUT2D eigenvalue weighted by Gasteiger charge is 2.34. The van der Waals surface area contributed by atoms with E-state index < -0.39 is 0 Å². The van der Waals surface area contributed by atoms with Crippen LogP contribution in [0.2, 0.25) is 0 Å². The first-order chi connectivity index (χ1) is 12.1. The molecule has 1 aromatic heterocycles. The van der Waals surface area contributed by atoms with Crippen molar-refractivity contribution in [2.45, 2.75) is 12.0 Å². The van der Waals surface area contributed by atoms with Crippen LogP contribution in [-0.4, -0.2) is 42.4 Å². The van der Waals surface area contributed by atoms with E-state index >= 15 is 0 Å². The lowest BCUT2D eigenvalue weighted by atomic mass is 9.90. The van der Waals surface area contributed by atoms with E-state index in [1.54, 1.807) is 23.9 Å². The third kappa shape index (κ3) is 4.60. The zero-order chi connectivity index (χ0) is 17.8. The minimum absolute atomic E-state index is 0. The van der Waals surface area contributed by atoms with E-state index in [2.05, 4.69) is 15.7 Å². The van der Waals surface area contributed by atoms with E-state index in [0.717, 1.165) is 17.7 Å². The minimum atomic E-state index is -0.309. The molecule has 26 heavy (non-hydrogen) atoms. The summed E-state index contributed by atoms with van der Waals surface area (Å²) in [6.45, 7) is 1.74. The summed E-state index contributed by atoms with van der Waals surface area (Å²) in [6.07, 6.45) is 3.46. The summed E-state index contributed by atoms with van der Waals surface area (Å²) in [5.74, 6) is -0.336. The summed E-state index contributed by atoms with van der Waals surface area (Å²) < 4.78 is 20.2. The van der Waals surface area contributed by atoms with Crippen molar-refractivity contribution in [1.82, 2.24) is 20.4 Å². The molecule has 0 aliphatic carbocycles. The Morgan fingerprint density at radius 3 is 2.77 bits per heavy atom. The molecule has 0 saturated carbocycles. The minimum Gasteiger partial charge on any atom is -0.375 e. The van der Waals surface area contributed by atoms with Crippen molar-refractivity contribution < 1.29 is 13.9 Å². The van der Waals surface area contributed by atoms with Crippen LogP contribution in [0.15, 0.2) is 36.7 Å². The Bertz CT molecular complexity index is 722. The highest BCUT2D eigenvalue weighted by atomic mass is 35.5. The van der Waals surface area contributed by atoms with Crippen molar-refractivity contribution in [1.29, 1.82) is 0 Å². The lowest BCUT2D eigenvalue weighted by Gasteiger charge is -2.20. The topological polar surface area (TPSA) is 68.2 Å². The number of rotatable bonds is 6. The van der Waals surface area contributed by atoms with Gasteiger partial charge in [0.2, 0.25) is 5.91 Å². The Kier molecular flexibility index (Phi) is 7.14. The first-order valence-corrected chi connectivity index (χ1v) is 8.33. The van der Waals surface area contributed by atoms with E-state index in [0.29, 0.717) is 13.1 Å². The van der Waals surface area contributed by atoms with Crippen molar-refractivity contribution in [3.63, 3.8) is 0 Å². The number of aryl methyl sites for hydroxylation is 1. The number of ether oxygens (including phenoxy) is 1. The average Bonchev–Trinajstić information content (AvgIpc) is 3.25. The molecular weight excluding hydrogens is 359 g/mol. The molecule has 2 N–H and O–H groups in total. The van der Waals surface area contributed by atoms with Crippen LogP contribution in [-0.2, 0) is 16.6 Å². The first kappa shape index (κ1) is 20.4. The third-order valence-electron chi connectivity index (χ3n) is 4.69. The molecule has 8 heteroatoms. The highest BCUT2D eigenvalue weighted by Crippen LogP contribution is 2.28. The first-order valence-electron chi connectivity index (χ1n) is 8.33. The van der Waals surface area contributed by atoms with Crippen molar-refractivity contribution in [3.8, 4) is 0 Å². The maximum absolute atomic E-state index is 13.1. The fourth-order valence-electron chi connectivity index (χ4n) is 3.28. The Labute approximate surface area is 158 Å². The van der Waals surface area contributed by atoms with Gasteiger partial charge in [-0.2, -0.15) is 5.10 Å². The van der Waals surface area contributed by atoms with Crippen LogP contribution in [0.1, 0.15) is 23.1 Å². The van der Waals surface area contributed by atoms with Gasteiger partial charge in [0.25, 0.3) is 0 Å². The second-order valence-corrected chi connectivity index (χ2v) is 6.34. The number of nitrogens with one attached hydrogen (secondary N) is 2. The van der Waals surface area contributed by atoms with E-state index in [1.807, 2.05) is 19.4 Å². The molecule has 1 aliphatic rings. The molecule has 0 radical (unpaired) electrons. The number of halogens is 2. The summed E-state index contributed by atoms with van der Waals surface area (Å²) in [5.41, 5.74) is 1.90. The van der Waals surface area contributed by atoms with Gasteiger partial charge in [-0.15, -0.1) is 12.4 Å². The van der Waals surface area contributed by atoms with Gasteiger partial charge in [-0.05, 0) is 23.3 Å². The smallest absolute Gasteiger partial charge is 0.225 e. The van der Waals surface area contributed by atoms with E-state index in [9.17, 15) is 9.18 Å². The molecule has 0 bridgehead atoms. The monoisotopic (exact) mass is 382 g/mol. The summed E-state index contributed by atoms with van der Waals surface area (Å²) >= 11 is 0. The number of hydrogen-bond donors (Lipinski definition) is 2. The quantitative estimate of drug-likeness (QED) is 0.799. The number of aromatic nitrogens is 2. The third-order valence-corrected chi connectivity index (χ3v) is 4.69. The SMILES string of the molecule is COC(CNC(=O)[C@H]1CNC[C@@H]1c1cnn(C)c1)c1ccc(F)cc1.Cl. The Balaban J connectivity index is 0.00000243. The van der Waals surface area contributed by atoms with Crippen LogP contribution < -0.4 is 10.6 Å². The zero-order valence-corrected chi connectivity index (χ0v) is 15.6. The van der Waals surface area contributed by atoms with E-state index in [1.165, 1.54) is 12.1 Å². The largest absolute Gasteiger partial charge is 0.375 e. The van der Waals surface area contributed by atoms with Crippen LogP contribution in [0.5, 0.6) is 0 Å². The standard InChI is InChI=1S/C18H23FN4O2.ClH/c1-23-11-13(7-22-23)15-8-20-9-16(15)18(24)21-10-17(25-2)12-3-5-14(19)6-4-12;/h3-7,11,15-17,20H,8-10H2,1-2H3,(H,21,24);1H/t15-,16+,17?;/m1./s1. The highest BCUT2D eigenvalue weighted by molar-refractivity contribution is 5.85. The molecule has 1 saturated heterocycles. The van der Waals surface area contributed by atoms with Crippen molar-refractivity contribution >= 4 is 18.3 Å². The summed E-state index contributed by atoms with van der Waals surface area (Å²) in [6, 6.07) is 6.13. The van der Waals surface area contributed by atoms with E-state index in [-0.39, 0.29) is 42.1 Å². The molecule has 0 spiro atoms. The van der Waals surface area contributed by atoms with E-state index in [4.69, 9.17) is 4.74 Å². The number of carbonyl (C=O) groups excluding carboxylic acids is 1. The number of hydrogen-bond acceptors (Lipinski definition) is 4. The maximum Gasteiger partial charge on any atom is 0.225 e. The number of methoxy groups -OCH3 is 1. The van der Waals surface area contributed by atoms with Gasteiger partial charge in [0.05, 0.1) is 18.2 Å². The summed E-state index contributed by atoms with van der Waals surface area (Å²) in [7, 11) is 3.45. The fourth-order valence-corrected chi connectivity index (χ4v) is 3.28. The molecule has 1 fully saturated rings. The lowest BCUT2D eigenvalue weighted by molar-refractivity contribution is -0.125. The van der Waals surface area contributed by atoms with Gasteiger partial charge in [-0.3, -0.25) is 9.48 Å². The molecule has 2 heterocycles. The summed E-state index contributed by atoms with van der Waals surface area (Å²) in [4.78, 5) is 12.6.